The molecule has 1 N–H and O–H groups in total. The minimum atomic E-state index is 0.883. The normalized spacial score (nSPS) is 10.7. The van der Waals surface area contributed by atoms with Crippen LogP contribution in [0.2, 0.25) is 0 Å². The summed E-state index contributed by atoms with van der Waals surface area (Å²) in [6.07, 6.45) is 7.23. The van der Waals surface area contributed by atoms with Crippen molar-refractivity contribution in [3.63, 3.8) is 0 Å². The summed E-state index contributed by atoms with van der Waals surface area (Å²) >= 11 is 0. The summed E-state index contributed by atoms with van der Waals surface area (Å²) in [5.41, 5.74) is 5.50. The number of benzene rings is 1. The topological polar surface area (TPSA) is 41.6 Å². The maximum absolute atomic E-state index is 4.19. The van der Waals surface area contributed by atoms with Gasteiger partial charge in [-0.15, -0.1) is 0 Å². The highest BCUT2D eigenvalue weighted by molar-refractivity contribution is 5.82. The largest absolute Gasteiger partial charge is 0.278 e. The number of fused-ring (bicyclic) bond motifs is 1. The Morgan fingerprint density at radius 2 is 1.81 bits per heavy atom. The zero-order chi connectivity index (χ0) is 14.7. The molecule has 3 aromatic rings. The molecule has 0 spiro atoms. The summed E-state index contributed by atoms with van der Waals surface area (Å²) in [7, 11) is 0. The van der Waals surface area contributed by atoms with Crippen LogP contribution >= 0.6 is 0 Å². The smallest absolute Gasteiger partial charge is 0.0650 e. The van der Waals surface area contributed by atoms with Crippen molar-refractivity contribution in [3.05, 3.63) is 73.2 Å². The van der Waals surface area contributed by atoms with Crippen molar-refractivity contribution in [1.82, 2.24) is 15.2 Å². The van der Waals surface area contributed by atoms with Gasteiger partial charge in [0.15, 0.2) is 0 Å². The predicted octanol–water partition coefficient (Wildman–Crippen LogP) is 4.46. The van der Waals surface area contributed by atoms with Crippen molar-refractivity contribution in [1.29, 1.82) is 0 Å². The number of H-pyrrole nitrogens is 1. The molecule has 0 saturated heterocycles. The van der Waals surface area contributed by atoms with Gasteiger partial charge in [0.1, 0.15) is 0 Å². The molecule has 3 heteroatoms. The second kappa shape index (κ2) is 5.75. The van der Waals surface area contributed by atoms with Crippen LogP contribution in [0.5, 0.6) is 0 Å². The lowest BCUT2D eigenvalue weighted by Crippen LogP contribution is -1.88. The summed E-state index contributed by atoms with van der Waals surface area (Å²) in [6, 6.07) is 10.2. The number of hydrogen-bond acceptors (Lipinski definition) is 2. The van der Waals surface area contributed by atoms with Gasteiger partial charge in [0, 0.05) is 17.8 Å². The molecule has 0 radical (unpaired) electrons. The second-order valence-corrected chi connectivity index (χ2v) is 5.12. The van der Waals surface area contributed by atoms with E-state index in [1.165, 1.54) is 0 Å². The first kappa shape index (κ1) is 13.3. The van der Waals surface area contributed by atoms with Gasteiger partial charge >= 0.3 is 0 Å². The standard InChI is InChI=1S/C18H17N3/c1-13(5-6-14(2)16-4-3-9-19-11-16)15-7-8-18-17(10-15)12-20-21-18/h3-4,7-12H,1-2,5-6H2,(H,20,21). The first-order valence-electron chi connectivity index (χ1n) is 6.93. The fourth-order valence-corrected chi connectivity index (χ4v) is 2.32. The lowest BCUT2D eigenvalue weighted by Gasteiger charge is -2.08. The monoisotopic (exact) mass is 275 g/mol. The highest BCUT2D eigenvalue weighted by atomic mass is 15.1. The maximum atomic E-state index is 4.19. The predicted molar refractivity (Wildman–Crippen MR) is 87.6 cm³/mol. The number of hydrogen-bond donors (Lipinski definition) is 1. The third kappa shape index (κ3) is 2.92. The van der Waals surface area contributed by atoms with Crippen molar-refractivity contribution < 1.29 is 0 Å². The Labute approximate surface area is 124 Å². The van der Waals surface area contributed by atoms with E-state index < -0.39 is 0 Å². The SMILES string of the molecule is C=C(CCC(=C)c1ccc2[nH]ncc2c1)c1cccnc1. The molecule has 0 aliphatic carbocycles. The lowest BCUT2D eigenvalue weighted by atomic mass is 9.97. The number of rotatable bonds is 5. The van der Waals surface area contributed by atoms with E-state index in [4.69, 9.17) is 0 Å². The number of aromatic nitrogens is 3. The van der Waals surface area contributed by atoms with Gasteiger partial charge < -0.3 is 0 Å². The summed E-state index contributed by atoms with van der Waals surface area (Å²) in [5.74, 6) is 0. The molecule has 104 valence electrons. The molecule has 0 aliphatic rings. The molecule has 0 atom stereocenters. The van der Waals surface area contributed by atoms with Crippen LogP contribution in [0.4, 0.5) is 0 Å². The van der Waals surface area contributed by atoms with Crippen LogP contribution in [-0.2, 0) is 0 Å². The van der Waals surface area contributed by atoms with Crippen LogP contribution in [0.3, 0.4) is 0 Å². The zero-order valence-corrected chi connectivity index (χ0v) is 11.8. The quantitative estimate of drug-likeness (QED) is 0.746. The molecule has 0 aliphatic heterocycles. The Hall–Kier alpha value is -2.68. The molecule has 2 heterocycles. The summed E-state index contributed by atoms with van der Waals surface area (Å²) in [4.78, 5) is 4.13. The highest BCUT2D eigenvalue weighted by Gasteiger charge is 2.04. The highest BCUT2D eigenvalue weighted by Crippen LogP contribution is 2.25. The Balaban J connectivity index is 1.67. The van der Waals surface area contributed by atoms with E-state index in [-0.39, 0.29) is 0 Å². The summed E-state index contributed by atoms with van der Waals surface area (Å²) < 4.78 is 0. The summed E-state index contributed by atoms with van der Waals surface area (Å²) in [6.45, 7) is 8.33. The van der Waals surface area contributed by atoms with E-state index in [0.717, 1.165) is 46.0 Å². The molecule has 21 heavy (non-hydrogen) atoms. The molecule has 0 amide bonds. The van der Waals surface area contributed by atoms with Gasteiger partial charge in [-0.25, -0.2) is 0 Å². The second-order valence-electron chi connectivity index (χ2n) is 5.12. The van der Waals surface area contributed by atoms with Crippen LogP contribution in [0, 0.1) is 0 Å². The molecular weight excluding hydrogens is 258 g/mol. The Bertz CT molecular complexity index is 784. The maximum Gasteiger partial charge on any atom is 0.0650 e. The Morgan fingerprint density at radius 3 is 2.57 bits per heavy atom. The van der Waals surface area contributed by atoms with E-state index in [1.54, 1.807) is 6.20 Å². The molecular formula is C18H17N3. The lowest BCUT2D eigenvalue weighted by molar-refractivity contribution is 1.09. The van der Waals surface area contributed by atoms with E-state index in [9.17, 15) is 0 Å². The van der Waals surface area contributed by atoms with Gasteiger partial charge in [-0.05, 0) is 53.3 Å². The molecule has 3 nitrogen and oxygen atoms in total. The Morgan fingerprint density at radius 1 is 1.00 bits per heavy atom. The van der Waals surface area contributed by atoms with Gasteiger partial charge in [0.05, 0.1) is 11.7 Å². The van der Waals surface area contributed by atoms with Crippen molar-refractivity contribution in [2.75, 3.05) is 0 Å². The number of allylic oxidation sites excluding steroid dienone is 2. The number of pyridine rings is 1. The van der Waals surface area contributed by atoms with Crippen molar-refractivity contribution >= 4 is 22.0 Å². The average Bonchev–Trinajstić information content (AvgIpc) is 3.00. The van der Waals surface area contributed by atoms with E-state index in [0.29, 0.717) is 0 Å². The van der Waals surface area contributed by atoms with Gasteiger partial charge in [-0.1, -0.05) is 25.3 Å². The number of aromatic amines is 1. The first-order chi connectivity index (χ1) is 10.2. The van der Waals surface area contributed by atoms with Crippen LogP contribution in [0.15, 0.2) is 62.1 Å². The zero-order valence-electron chi connectivity index (χ0n) is 11.8. The van der Waals surface area contributed by atoms with Crippen LogP contribution < -0.4 is 0 Å². The fourth-order valence-electron chi connectivity index (χ4n) is 2.32. The van der Waals surface area contributed by atoms with Crippen LogP contribution in [0.1, 0.15) is 24.0 Å². The van der Waals surface area contributed by atoms with Gasteiger partial charge in [0.25, 0.3) is 0 Å². The van der Waals surface area contributed by atoms with E-state index in [1.807, 2.05) is 30.6 Å². The molecule has 2 aromatic heterocycles. The fraction of sp³-hybridized carbons (Fsp3) is 0.111. The minimum absolute atomic E-state index is 0.883. The number of nitrogens with one attached hydrogen (secondary N) is 1. The van der Waals surface area contributed by atoms with Crippen LogP contribution in [-0.4, -0.2) is 15.2 Å². The van der Waals surface area contributed by atoms with Crippen LogP contribution in [0.25, 0.3) is 22.0 Å². The molecule has 3 rings (SSSR count). The molecule has 0 unspecified atom stereocenters. The number of nitrogens with zero attached hydrogens (tertiary/aromatic N) is 2. The third-order valence-electron chi connectivity index (χ3n) is 3.65. The van der Waals surface area contributed by atoms with E-state index in [2.05, 4.69) is 40.5 Å². The van der Waals surface area contributed by atoms with Gasteiger partial charge in [-0.3, -0.25) is 10.1 Å². The third-order valence-corrected chi connectivity index (χ3v) is 3.65. The van der Waals surface area contributed by atoms with Gasteiger partial charge in [-0.2, -0.15) is 5.10 Å². The van der Waals surface area contributed by atoms with E-state index >= 15 is 0 Å². The summed E-state index contributed by atoms with van der Waals surface area (Å²) in [5, 5.41) is 8.11. The molecule has 1 aromatic carbocycles. The average molecular weight is 275 g/mol. The van der Waals surface area contributed by atoms with Crippen molar-refractivity contribution in [2.45, 2.75) is 12.8 Å². The molecule has 0 bridgehead atoms. The Kier molecular flexibility index (Phi) is 3.65. The molecule has 0 fully saturated rings. The minimum Gasteiger partial charge on any atom is -0.278 e. The van der Waals surface area contributed by atoms with Crippen molar-refractivity contribution in [3.8, 4) is 0 Å². The van der Waals surface area contributed by atoms with Crippen molar-refractivity contribution in [2.24, 2.45) is 0 Å². The molecule has 0 saturated carbocycles. The van der Waals surface area contributed by atoms with Gasteiger partial charge in [0.2, 0.25) is 0 Å². The first-order valence-corrected chi connectivity index (χ1v) is 6.93.